The lowest BCUT2D eigenvalue weighted by Crippen LogP contribution is -2.42. The number of thiophene rings is 1. The number of halogens is 1. The highest BCUT2D eigenvalue weighted by atomic mass is 79.9. The van der Waals surface area contributed by atoms with E-state index in [1.54, 1.807) is 11.0 Å². The zero-order chi connectivity index (χ0) is 21.1. The second kappa shape index (κ2) is 9.07. The number of nitrogens with one attached hydrogen (secondary N) is 2. The number of aromatic amines is 1. The Morgan fingerprint density at radius 2 is 2.23 bits per heavy atom. The second-order valence-electron chi connectivity index (χ2n) is 6.81. The van der Waals surface area contributed by atoms with Gasteiger partial charge in [-0.1, -0.05) is 0 Å². The van der Waals surface area contributed by atoms with Crippen LogP contribution in [0.1, 0.15) is 21.1 Å². The Morgan fingerprint density at radius 1 is 1.37 bits per heavy atom. The number of benzene rings is 1. The molecular formula is C20H20BrN5O3S. The zero-order valence-electron chi connectivity index (χ0n) is 16.3. The highest BCUT2D eigenvalue weighted by Crippen LogP contribution is 2.26. The third-order valence-corrected chi connectivity index (χ3v) is 6.33. The summed E-state index contributed by atoms with van der Waals surface area (Å²) in [6, 6.07) is 9.44. The lowest BCUT2D eigenvalue weighted by Gasteiger charge is -2.28. The van der Waals surface area contributed by atoms with Gasteiger partial charge in [0.2, 0.25) is 0 Å². The van der Waals surface area contributed by atoms with Gasteiger partial charge in [-0.05, 0) is 58.7 Å². The van der Waals surface area contributed by atoms with Gasteiger partial charge < -0.3 is 15.0 Å². The molecule has 1 aromatic carbocycles. The van der Waals surface area contributed by atoms with Crippen LogP contribution in [0, 0.1) is 6.92 Å². The molecule has 0 saturated carbocycles. The Morgan fingerprint density at radius 3 is 2.97 bits per heavy atom. The summed E-state index contributed by atoms with van der Waals surface area (Å²) < 4.78 is 6.12. The van der Waals surface area contributed by atoms with E-state index in [9.17, 15) is 9.59 Å². The standard InChI is InChI=1S/C20H20BrN5O3S/c1-12-10-13(2-3-14(12)26-8-9-29-11-18(26)27)19-23-17(24-25-19)6-7-22-20(28)15-4-5-16(21)30-15/h2-5,10H,6-9,11H2,1H3,(H,22,28)(H,23,24,25). The van der Waals surface area contributed by atoms with Crippen molar-refractivity contribution < 1.29 is 14.3 Å². The fourth-order valence-electron chi connectivity index (χ4n) is 3.22. The average Bonchev–Trinajstić information content (AvgIpc) is 3.38. The number of morpholine rings is 1. The maximum absolute atomic E-state index is 12.1. The third-order valence-electron chi connectivity index (χ3n) is 4.71. The van der Waals surface area contributed by atoms with Gasteiger partial charge >= 0.3 is 0 Å². The van der Waals surface area contributed by atoms with Gasteiger partial charge in [0.25, 0.3) is 11.8 Å². The van der Waals surface area contributed by atoms with Crippen molar-refractivity contribution in [1.82, 2.24) is 20.5 Å². The van der Waals surface area contributed by atoms with Crippen molar-refractivity contribution in [3.05, 3.63) is 50.4 Å². The largest absolute Gasteiger partial charge is 0.370 e. The number of rotatable bonds is 6. The first-order valence-corrected chi connectivity index (χ1v) is 11.1. The normalized spacial score (nSPS) is 14.2. The van der Waals surface area contributed by atoms with Crippen LogP contribution in [-0.2, 0) is 16.0 Å². The lowest BCUT2D eigenvalue weighted by molar-refractivity contribution is -0.125. The molecule has 1 saturated heterocycles. The molecule has 0 aliphatic carbocycles. The number of anilines is 1. The van der Waals surface area contributed by atoms with E-state index in [-0.39, 0.29) is 18.4 Å². The minimum absolute atomic E-state index is 0.0331. The number of aryl methyl sites for hydroxylation is 1. The maximum atomic E-state index is 12.1. The van der Waals surface area contributed by atoms with Gasteiger partial charge in [0, 0.05) is 30.8 Å². The second-order valence-corrected chi connectivity index (χ2v) is 9.28. The maximum Gasteiger partial charge on any atom is 0.261 e. The summed E-state index contributed by atoms with van der Waals surface area (Å²) in [6.07, 6.45) is 0.546. The number of amides is 2. The minimum atomic E-state index is -0.102. The van der Waals surface area contributed by atoms with Crippen LogP contribution in [0.5, 0.6) is 0 Å². The number of H-pyrrole nitrogens is 1. The van der Waals surface area contributed by atoms with E-state index in [1.807, 2.05) is 31.2 Å². The van der Waals surface area contributed by atoms with E-state index in [2.05, 4.69) is 36.4 Å². The first-order valence-electron chi connectivity index (χ1n) is 9.45. The number of hydrogen-bond donors (Lipinski definition) is 2. The van der Waals surface area contributed by atoms with Crippen LogP contribution < -0.4 is 10.2 Å². The SMILES string of the molecule is Cc1cc(-c2n[nH]c(CCNC(=O)c3ccc(Br)s3)n2)ccc1N1CCOCC1=O. The molecule has 2 N–H and O–H groups in total. The van der Waals surface area contributed by atoms with E-state index in [0.717, 1.165) is 20.6 Å². The Kier molecular flexibility index (Phi) is 6.26. The number of ether oxygens (including phenoxy) is 1. The van der Waals surface area contributed by atoms with Crippen LogP contribution in [0.3, 0.4) is 0 Å². The van der Waals surface area contributed by atoms with Crippen LogP contribution in [0.15, 0.2) is 34.1 Å². The predicted molar refractivity (Wildman–Crippen MR) is 118 cm³/mol. The van der Waals surface area contributed by atoms with Crippen LogP contribution in [0.25, 0.3) is 11.4 Å². The van der Waals surface area contributed by atoms with Gasteiger partial charge in [0.05, 0.1) is 15.3 Å². The van der Waals surface area contributed by atoms with Crippen LogP contribution in [0.4, 0.5) is 5.69 Å². The molecule has 0 unspecified atom stereocenters. The van der Waals surface area contributed by atoms with Crippen molar-refractivity contribution in [2.75, 3.05) is 31.2 Å². The molecule has 10 heteroatoms. The summed E-state index contributed by atoms with van der Waals surface area (Å²) >= 11 is 4.75. The molecule has 8 nitrogen and oxygen atoms in total. The van der Waals surface area contributed by atoms with Gasteiger partial charge in [-0.25, -0.2) is 4.98 Å². The first kappa shape index (κ1) is 20.7. The van der Waals surface area contributed by atoms with Crippen molar-refractivity contribution in [2.45, 2.75) is 13.3 Å². The van der Waals surface area contributed by atoms with Gasteiger partial charge in [-0.15, -0.1) is 11.3 Å². The summed E-state index contributed by atoms with van der Waals surface area (Å²) in [4.78, 5) is 31.1. The molecule has 4 rings (SSSR count). The highest BCUT2D eigenvalue weighted by molar-refractivity contribution is 9.11. The molecule has 0 atom stereocenters. The molecule has 3 heterocycles. The fourth-order valence-corrected chi connectivity index (χ4v) is 4.53. The summed E-state index contributed by atoms with van der Waals surface area (Å²) in [6.45, 7) is 3.63. The number of carbonyl (C=O) groups excluding carboxylic acids is 2. The monoisotopic (exact) mass is 489 g/mol. The molecule has 2 amide bonds. The van der Waals surface area contributed by atoms with Crippen molar-refractivity contribution in [1.29, 1.82) is 0 Å². The Hall–Kier alpha value is -2.56. The first-order chi connectivity index (χ1) is 14.5. The quantitative estimate of drug-likeness (QED) is 0.554. The summed E-state index contributed by atoms with van der Waals surface area (Å²) in [7, 11) is 0. The molecule has 0 bridgehead atoms. The van der Waals surface area contributed by atoms with Crippen molar-refractivity contribution in [3.63, 3.8) is 0 Å². The van der Waals surface area contributed by atoms with Gasteiger partial charge in [0.1, 0.15) is 12.4 Å². The Bertz CT molecular complexity index is 1080. The molecule has 156 valence electrons. The lowest BCUT2D eigenvalue weighted by atomic mass is 10.1. The van der Waals surface area contributed by atoms with Crippen molar-refractivity contribution >= 4 is 44.8 Å². The van der Waals surface area contributed by atoms with E-state index in [0.29, 0.717) is 42.6 Å². The van der Waals surface area contributed by atoms with Crippen LogP contribution in [0.2, 0.25) is 0 Å². The summed E-state index contributed by atoms with van der Waals surface area (Å²) in [5.41, 5.74) is 2.72. The summed E-state index contributed by atoms with van der Waals surface area (Å²) in [5.74, 6) is 1.15. The predicted octanol–water partition coefficient (Wildman–Crippen LogP) is 2.94. The van der Waals surface area contributed by atoms with Crippen LogP contribution >= 0.6 is 27.3 Å². The average molecular weight is 490 g/mol. The van der Waals surface area contributed by atoms with E-state index in [4.69, 9.17) is 4.74 Å². The summed E-state index contributed by atoms with van der Waals surface area (Å²) in [5, 5.41) is 10.1. The molecule has 3 aromatic rings. The van der Waals surface area contributed by atoms with E-state index < -0.39 is 0 Å². The molecule has 1 fully saturated rings. The van der Waals surface area contributed by atoms with Gasteiger partial charge in [-0.3, -0.25) is 14.7 Å². The van der Waals surface area contributed by atoms with Crippen LogP contribution in [-0.4, -0.2) is 53.3 Å². The van der Waals surface area contributed by atoms with Gasteiger partial charge in [0.15, 0.2) is 5.82 Å². The Labute approximate surface area is 185 Å². The van der Waals surface area contributed by atoms with E-state index >= 15 is 0 Å². The molecule has 1 aliphatic rings. The number of aromatic nitrogens is 3. The van der Waals surface area contributed by atoms with Crippen molar-refractivity contribution in [3.8, 4) is 11.4 Å². The molecule has 2 aromatic heterocycles. The van der Waals surface area contributed by atoms with E-state index in [1.165, 1.54) is 11.3 Å². The molecule has 30 heavy (non-hydrogen) atoms. The number of hydrogen-bond acceptors (Lipinski definition) is 6. The highest BCUT2D eigenvalue weighted by Gasteiger charge is 2.22. The van der Waals surface area contributed by atoms with Crippen molar-refractivity contribution in [2.24, 2.45) is 0 Å². The fraction of sp³-hybridized carbons (Fsp3) is 0.300. The molecule has 0 radical (unpaired) electrons. The molecular weight excluding hydrogens is 470 g/mol. The smallest absolute Gasteiger partial charge is 0.261 e. The van der Waals surface area contributed by atoms with Gasteiger partial charge in [-0.2, -0.15) is 5.10 Å². The number of nitrogens with zero attached hydrogens (tertiary/aromatic N) is 3. The molecule has 1 aliphatic heterocycles. The topological polar surface area (TPSA) is 100 Å². The number of carbonyl (C=O) groups is 2. The third kappa shape index (κ3) is 4.61. The Balaban J connectivity index is 1.38. The zero-order valence-corrected chi connectivity index (χ0v) is 18.7. The minimum Gasteiger partial charge on any atom is -0.370 e. The molecule has 0 spiro atoms.